The Kier molecular flexibility index (Phi) is 5.31. The van der Waals surface area contributed by atoms with Crippen molar-refractivity contribution in [1.82, 2.24) is 10.2 Å². The summed E-state index contributed by atoms with van der Waals surface area (Å²) in [6.07, 6.45) is 2.46. The third-order valence-corrected chi connectivity index (χ3v) is 7.14. The third-order valence-electron chi connectivity index (χ3n) is 5.16. The lowest BCUT2D eigenvalue weighted by Crippen LogP contribution is -2.43. The molecule has 4 nitrogen and oxygen atoms in total. The van der Waals surface area contributed by atoms with E-state index in [9.17, 15) is 9.59 Å². The first-order valence-corrected chi connectivity index (χ1v) is 10.9. The van der Waals surface area contributed by atoms with Crippen molar-refractivity contribution in [1.29, 1.82) is 0 Å². The SMILES string of the molecule is O=C(N[C@H]1CCSc2ccccc21)C1CCN(C(=O)c2cccs2)CC1. The molecule has 1 saturated heterocycles. The molecule has 2 aliphatic rings. The molecule has 0 radical (unpaired) electrons. The Bertz CT molecular complexity index is 783. The topological polar surface area (TPSA) is 49.4 Å². The summed E-state index contributed by atoms with van der Waals surface area (Å²) < 4.78 is 0. The number of likely N-dealkylation sites (tertiary alicyclic amines) is 1. The Morgan fingerprint density at radius 2 is 1.85 bits per heavy atom. The number of hydrogen-bond acceptors (Lipinski definition) is 4. The van der Waals surface area contributed by atoms with Crippen LogP contribution in [0.15, 0.2) is 46.7 Å². The van der Waals surface area contributed by atoms with E-state index in [1.807, 2.05) is 40.2 Å². The van der Waals surface area contributed by atoms with E-state index in [2.05, 4.69) is 23.5 Å². The first-order chi connectivity index (χ1) is 12.7. The number of rotatable bonds is 3. The van der Waals surface area contributed by atoms with Gasteiger partial charge in [-0.2, -0.15) is 0 Å². The molecule has 136 valence electrons. The van der Waals surface area contributed by atoms with E-state index in [1.165, 1.54) is 21.8 Å². The third kappa shape index (κ3) is 3.67. The van der Waals surface area contributed by atoms with Crippen LogP contribution in [-0.4, -0.2) is 35.6 Å². The molecule has 0 bridgehead atoms. The van der Waals surface area contributed by atoms with Crippen LogP contribution in [0.25, 0.3) is 0 Å². The molecule has 1 fully saturated rings. The molecule has 1 atom stereocenters. The van der Waals surface area contributed by atoms with Gasteiger partial charge in [0.2, 0.25) is 5.91 Å². The maximum atomic E-state index is 12.8. The number of fused-ring (bicyclic) bond motifs is 1. The number of thioether (sulfide) groups is 1. The van der Waals surface area contributed by atoms with Crippen molar-refractivity contribution in [2.45, 2.75) is 30.2 Å². The number of carbonyl (C=O) groups is 2. The molecule has 1 aromatic carbocycles. The predicted molar refractivity (Wildman–Crippen MR) is 106 cm³/mol. The molecule has 0 spiro atoms. The van der Waals surface area contributed by atoms with Gasteiger partial charge in [-0.15, -0.1) is 23.1 Å². The molecule has 3 heterocycles. The second kappa shape index (κ2) is 7.84. The van der Waals surface area contributed by atoms with Crippen molar-refractivity contribution in [2.24, 2.45) is 5.92 Å². The van der Waals surface area contributed by atoms with Crippen LogP contribution in [-0.2, 0) is 4.79 Å². The van der Waals surface area contributed by atoms with Crippen LogP contribution in [0.5, 0.6) is 0 Å². The van der Waals surface area contributed by atoms with E-state index in [4.69, 9.17) is 0 Å². The van der Waals surface area contributed by atoms with E-state index >= 15 is 0 Å². The number of amides is 2. The van der Waals surface area contributed by atoms with Crippen LogP contribution in [0, 0.1) is 5.92 Å². The predicted octanol–water partition coefficient (Wildman–Crippen LogP) is 3.95. The lowest BCUT2D eigenvalue weighted by atomic mass is 9.94. The normalized spacial score (nSPS) is 20.5. The number of carbonyl (C=O) groups excluding carboxylic acids is 2. The fraction of sp³-hybridized carbons (Fsp3) is 0.400. The van der Waals surface area contributed by atoms with Gasteiger partial charge < -0.3 is 10.2 Å². The molecule has 0 unspecified atom stereocenters. The maximum absolute atomic E-state index is 12.8. The fourth-order valence-electron chi connectivity index (χ4n) is 3.68. The molecule has 2 amide bonds. The van der Waals surface area contributed by atoms with E-state index in [0.717, 1.165) is 29.9 Å². The standard InChI is InChI=1S/C20H22N2O2S2/c23-19(21-16-9-13-26-17-5-2-1-4-15(16)17)14-7-10-22(11-8-14)20(24)18-6-3-12-25-18/h1-6,12,14,16H,7-11,13H2,(H,21,23)/t16-/m0/s1. The van der Waals surface area contributed by atoms with Crippen molar-refractivity contribution in [3.05, 3.63) is 52.2 Å². The maximum Gasteiger partial charge on any atom is 0.263 e. The summed E-state index contributed by atoms with van der Waals surface area (Å²) in [5.41, 5.74) is 1.24. The van der Waals surface area contributed by atoms with Gasteiger partial charge in [0, 0.05) is 29.7 Å². The van der Waals surface area contributed by atoms with Crippen LogP contribution in [0.1, 0.15) is 40.5 Å². The van der Waals surface area contributed by atoms with E-state index in [-0.39, 0.29) is 23.8 Å². The Morgan fingerprint density at radius 3 is 2.62 bits per heavy atom. The van der Waals surface area contributed by atoms with Crippen LogP contribution in [0.2, 0.25) is 0 Å². The Morgan fingerprint density at radius 1 is 1.04 bits per heavy atom. The zero-order valence-electron chi connectivity index (χ0n) is 14.5. The van der Waals surface area contributed by atoms with Crippen LogP contribution < -0.4 is 5.32 Å². The van der Waals surface area contributed by atoms with Crippen LogP contribution in [0.4, 0.5) is 0 Å². The molecule has 0 aliphatic carbocycles. The summed E-state index contributed by atoms with van der Waals surface area (Å²) in [5.74, 6) is 1.27. The molecule has 2 aliphatic heterocycles. The quantitative estimate of drug-likeness (QED) is 0.869. The monoisotopic (exact) mass is 386 g/mol. The number of nitrogens with zero attached hydrogens (tertiary/aromatic N) is 1. The largest absolute Gasteiger partial charge is 0.349 e. The summed E-state index contributed by atoms with van der Waals surface area (Å²) in [6.45, 7) is 1.32. The highest BCUT2D eigenvalue weighted by Gasteiger charge is 2.30. The van der Waals surface area contributed by atoms with Gasteiger partial charge in [-0.1, -0.05) is 24.3 Å². The first-order valence-electron chi connectivity index (χ1n) is 9.07. The number of hydrogen-bond donors (Lipinski definition) is 1. The lowest BCUT2D eigenvalue weighted by molar-refractivity contribution is -0.127. The molecule has 1 aromatic heterocycles. The van der Waals surface area contributed by atoms with Crippen molar-refractivity contribution >= 4 is 34.9 Å². The van der Waals surface area contributed by atoms with Gasteiger partial charge in [-0.05, 0) is 42.3 Å². The average molecular weight is 387 g/mol. The summed E-state index contributed by atoms with van der Waals surface area (Å²) in [7, 11) is 0. The summed E-state index contributed by atoms with van der Waals surface area (Å²) in [6, 6.07) is 12.2. The minimum atomic E-state index is 0.00382. The molecule has 4 rings (SSSR count). The Hall–Kier alpha value is -1.79. The van der Waals surface area contributed by atoms with Crippen molar-refractivity contribution in [3.8, 4) is 0 Å². The smallest absolute Gasteiger partial charge is 0.263 e. The van der Waals surface area contributed by atoms with Crippen LogP contribution >= 0.6 is 23.1 Å². The molecule has 2 aromatic rings. The first kappa shape index (κ1) is 17.6. The molecular formula is C20H22N2O2S2. The highest BCUT2D eigenvalue weighted by molar-refractivity contribution is 7.99. The fourth-order valence-corrected chi connectivity index (χ4v) is 5.50. The number of thiophene rings is 1. The van der Waals surface area contributed by atoms with Gasteiger partial charge in [0.1, 0.15) is 0 Å². The molecular weight excluding hydrogens is 364 g/mol. The van der Waals surface area contributed by atoms with Crippen molar-refractivity contribution < 1.29 is 9.59 Å². The zero-order valence-corrected chi connectivity index (χ0v) is 16.2. The van der Waals surface area contributed by atoms with Gasteiger partial charge in [-0.25, -0.2) is 0 Å². The van der Waals surface area contributed by atoms with E-state index in [1.54, 1.807) is 0 Å². The summed E-state index contributed by atoms with van der Waals surface area (Å²) >= 11 is 3.34. The summed E-state index contributed by atoms with van der Waals surface area (Å²) in [4.78, 5) is 29.1. The van der Waals surface area contributed by atoms with Crippen molar-refractivity contribution in [2.75, 3.05) is 18.8 Å². The van der Waals surface area contributed by atoms with Gasteiger partial charge in [0.05, 0.1) is 10.9 Å². The van der Waals surface area contributed by atoms with Gasteiger partial charge in [0.25, 0.3) is 5.91 Å². The lowest BCUT2D eigenvalue weighted by Gasteiger charge is -2.33. The molecule has 26 heavy (non-hydrogen) atoms. The zero-order chi connectivity index (χ0) is 17.9. The molecule has 6 heteroatoms. The highest BCUT2D eigenvalue weighted by atomic mass is 32.2. The minimum absolute atomic E-state index is 0.00382. The Balaban J connectivity index is 1.34. The molecule has 1 N–H and O–H groups in total. The van der Waals surface area contributed by atoms with E-state index < -0.39 is 0 Å². The number of piperidine rings is 1. The second-order valence-corrected chi connectivity index (χ2v) is 8.86. The Labute approximate surface area is 162 Å². The summed E-state index contributed by atoms with van der Waals surface area (Å²) in [5, 5.41) is 5.19. The number of nitrogens with one attached hydrogen (secondary N) is 1. The second-order valence-electron chi connectivity index (χ2n) is 6.78. The van der Waals surface area contributed by atoms with Crippen molar-refractivity contribution in [3.63, 3.8) is 0 Å². The molecule has 0 saturated carbocycles. The van der Waals surface area contributed by atoms with Gasteiger partial charge >= 0.3 is 0 Å². The van der Waals surface area contributed by atoms with E-state index in [0.29, 0.717) is 13.1 Å². The van der Waals surface area contributed by atoms with Crippen LogP contribution in [0.3, 0.4) is 0 Å². The number of benzene rings is 1. The highest BCUT2D eigenvalue weighted by Crippen LogP contribution is 2.36. The average Bonchev–Trinajstić information content (AvgIpc) is 3.23. The van der Waals surface area contributed by atoms with Gasteiger partial charge in [0.15, 0.2) is 0 Å². The van der Waals surface area contributed by atoms with Gasteiger partial charge in [-0.3, -0.25) is 9.59 Å². The minimum Gasteiger partial charge on any atom is -0.349 e.